The highest BCUT2D eigenvalue weighted by Crippen LogP contribution is 2.37. The van der Waals surface area contributed by atoms with Crippen LogP contribution in [0, 0.1) is 13.8 Å². The number of aliphatic carboxylic acids is 1. The number of unbranched alkanes of at least 4 members (excludes halogenated alkanes) is 2. The van der Waals surface area contributed by atoms with Crippen molar-refractivity contribution in [3.63, 3.8) is 0 Å². The van der Waals surface area contributed by atoms with Crippen molar-refractivity contribution in [3.05, 3.63) is 47.8 Å². The number of fused-ring (bicyclic) bond motifs is 4. The maximum absolute atomic E-state index is 12.2. The number of carbonyl (C=O) groups is 2. The van der Waals surface area contributed by atoms with E-state index in [1.165, 1.54) is 10.9 Å². The van der Waals surface area contributed by atoms with E-state index >= 15 is 0 Å². The van der Waals surface area contributed by atoms with Gasteiger partial charge in [0.1, 0.15) is 5.75 Å². The van der Waals surface area contributed by atoms with Gasteiger partial charge in [-0.2, -0.15) is 0 Å². The number of carboxylic acids is 1. The number of ether oxygens (including phenoxy) is 1. The molecule has 6 nitrogen and oxygen atoms in total. The molecule has 0 fully saturated rings. The van der Waals surface area contributed by atoms with Crippen molar-refractivity contribution in [3.8, 4) is 5.75 Å². The summed E-state index contributed by atoms with van der Waals surface area (Å²) in [7, 11) is 0. The number of carboxylic acid groups (broad SMARTS) is 1. The fourth-order valence-corrected chi connectivity index (χ4v) is 4.10. The number of nitrogens with one attached hydrogen (secondary N) is 1. The Hall–Kier alpha value is -3.12. The lowest BCUT2D eigenvalue weighted by molar-refractivity contribution is -0.137. The van der Waals surface area contributed by atoms with Gasteiger partial charge in [-0.15, -0.1) is 12.4 Å². The van der Waals surface area contributed by atoms with Crippen molar-refractivity contribution in [2.75, 3.05) is 0 Å². The molecule has 4 aromatic rings. The van der Waals surface area contributed by atoms with E-state index in [-0.39, 0.29) is 31.2 Å². The van der Waals surface area contributed by atoms with Crippen LogP contribution in [-0.2, 0) is 9.59 Å². The van der Waals surface area contributed by atoms with Gasteiger partial charge >= 0.3 is 11.9 Å². The number of aromatic nitrogens is 2. The van der Waals surface area contributed by atoms with Crippen LogP contribution in [0.3, 0.4) is 0 Å². The van der Waals surface area contributed by atoms with Crippen LogP contribution in [0.2, 0.25) is 0 Å². The Morgan fingerprint density at radius 2 is 1.77 bits per heavy atom. The molecular formula is C24H25ClN2O4. The average molecular weight is 441 g/mol. The zero-order valence-corrected chi connectivity index (χ0v) is 18.3. The first kappa shape index (κ1) is 22.6. The Balaban J connectivity index is 0.00000272. The Kier molecular flexibility index (Phi) is 6.81. The normalized spacial score (nSPS) is 11.0. The van der Waals surface area contributed by atoms with Crippen molar-refractivity contribution in [1.82, 2.24) is 9.97 Å². The van der Waals surface area contributed by atoms with Gasteiger partial charge in [-0.05, 0) is 67.5 Å². The average Bonchev–Trinajstić information content (AvgIpc) is 3.11. The Labute approximate surface area is 186 Å². The maximum atomic E-state index is 12.2. The second-order valence-electron chi connectivity index (χ2n) is 7.68. The van der Waals surface area contributed by atoms with Gasteiger partial charge in [-0.3, -0.25) is 14.6 Å². The third-order valence-corrected chi connectivity index (χ3v) is 5.65. The number of aryl methyl sites for hydroxylation is 2. The molecule has 0 aliphatic carbocycles. The summed E-state index contributed by atoms with van der Waals surface area (Å²) in [5.74, 6) is -0.590. The van der Waals surface area contributed by atoms with Crippen LogP contribution in [0.4, 0.5) is 0 Å². The molecule has 0 amide bonds. The van der Waals surface area contributed by atoms with Gasteiger partial charge in [0.25, 0.3) is 0 Å². The van der Waals surface area contributed by atoms with E-state index in [0.717, 1.165) is 32.8 Å². The fourth-order valence-electron chi connectivity index (χ4n) is 4.10. The van der Waals surface area contributed by atoms with E-state index in [2.05, 4.69) is 23.8 Å². The van der Waals surface area contributed by atoms with Crippen LogP contribution in [0.5, 0.6) is 5.75 Å². The van der Waals surface area contributed by atoms with Crippen LogP contribution in [0.15, 0.2) is 36.7 Å². The lowest BCUT2D eigenvalue weighted by Gasteiger charge is -2.08. The molecule has 0 aliphatic rings. The molecule has 162 valence electrons. The van der Waals surface area contributed by atoms with Crippen LogP contribution in [0.25, 0.3) is 32.6 Å². The molecule has 0 saturated heterocycles. The largest absolute Gasteiger partial charge is 0.481 e. The summed E-state index contributed by atoms with van der Waals surface area (Å²) in [6.45, 7) is 4.19. The van der Waals surface area contributed by atoms with E-state index in [9.17, 15) is 9.59 Å². The van der Waals surface area contributed by atoms with E-state index in [0.29, 0.717) is 25.0 Å². The Morgan fingerprint density at radius 1 is 1.00 bits per heavy atom. The van der Waals surface area contributed by atoms with E-state index in [1.54, 1.807) is 6.07 Å². The highest BCUT2D eigenvalue weighted by atomic mass is 35.5. The zero-order chi connectivity index (χ0) is 21.3. The van der Waals surface area contributed by atoms with Crippen molar-refractivity contribution >= 4 is 56.9 Å². The summed E-state index contributed by atoms with van der Waals surface area (Å²) in [5, 5.41) is 13.1. The predicted octanol–water partition coefficient (Wildman–Crippen LogP) is 5.85. The van der Waals surface area contributed by atoms with Crippen LogP contribution in [0.1, 0.15) is 43.2 Å². The number of carbonyl (C=O) groups excluding carboxylic acids is 1. The van der Waals surface area contributed by atoms with Gasteiger partial charge < -0.3 is 14.8 Å². The number of rotatable bonds is 7. The molecular weight excluding hydrogens is 416 g/mol. The minimum atomic E-state index is -0.807. The summed E-state index contributed by atoms with van der Waals surface area (Å²) in [6.07, 6.45) is 6.01. The summed E-state index contributed by atoms with van der Waals surface area (Å²) >= 11 is 0. The Morgan fingerprint density at radius 3 is 2.55 bits per heavy atom. The second kappa shape index (κ2) is 9.35. The monoisotopic (exact) mass is 440 g/mol. The van der Waals surface area contributed by atoms with Crippen molar-refractivity contribution in [1.29, 1.82) is 0 Å². The number of esters is 1. The Bertz CT molecular complexity index is 1280. The topological polar surface area (TPSA) is 92.3 Å². The number of hydrogen-bond donors (Lipinski definition) is 2. The minimum Gasteiger partial charge on any atom is -0.481 e. The first-order chi connectivity index (χ1) is 14.5. The molecule has 0 unspecified atom stereocenters. The predicted molar refractivity (Wildman–Crippen MR) is 124 cm³/mol. The van der Waals surface area contributed by atoms with E-state index in [4.69, 9.17) is 9.84 Å². The summed E-state index contributed by atoms with van der Waals surface area (Å²) in [4.78, 5) is 30.5. The summed E-state index contributed by atoms with van der Waals surface area (Å²) in [5.41, 5.74) is 4.40. The smallest absolute Gasteiger partial charge is 0.311 e. The van der Waals surface area contributed by atoms with Gasteiger partial charge in [-0.1, -0.05) is 6.42 Å². The van der Waals surface area contributed by atoms with Crippen LogP contribution >= 0.6 is 12.4 Å². The molecule has 0 aliphatic heterocycles. The molecule has 7 heteroatoms. The fraction of sp³-hybridized carbons (Fsp3) is 0.292. The lowest BCUT2D eigenvalue weighted by atomic mass is 9.97. The van der Waals surface area contributed by atoms with Gasteiger partial charge in [0.15, 0.2) is 0 Å². The van der Waals surface area contributed by atoms with E-state index in [1.807, 2.05) is 30.6 Å². The van der Waals surface area contributed by atoms with Crippen LogP contribution < -0.4 is 4.74 Å². The molecule has 0 atom stereocenters. The van der Waals surface area contributed by atoms with Crippen molar-refractivity contribution in [2.24, 2.45) is 0 Å². The minimum absolute atomic E-state index is 0. The number of H-pyrrole nitrogens is 1. The highest BCUT2D eigenvalue weighted by Gasteiger charge is 2.15. The van der Waals surface area contributed by atoms with E-state index < -0.39 is 5.97 Å². The van der Waals surface area contributed by atoms with Crippen molar-refractivity contribution < 1.29 is 19.4 Å². The van der Waals surface area contributed by atoms with Crippen molar-refractivity contribution in [2.45, 2.75) is 46.0 Å². The first-order valence-electron chi connectivity index (χ1n) is 10.2. The number of hydrogen-bond acceptors (Lipinski definition) is 4. The molecule has 4 rings (SSSR count). The molecule has 2 heterocycles. The number of benzene rings is 2. The first-order valence-corrected chi connectivity index (χ1v) is 10.2. The SMILES string of the molecule is Cc1c2ccncc2c(C)c2c1[nH]c1ccc(OC(=O)CCCCCC(=O)O)cc12.Cl. The molecule has 0 bridgehead atoms. The lowest BCUT2D eigenvalue weighted by Crippen LogP contribution is -2.07. The van der Waals surface area contributed by atoms with Crippen LogP contribution in [-0.4, -0.2) is 27.0 Å². The third kappa shape index (κ3) is 4.49. The number of pyridine rings is 1. The molecule has 0 saturated carbocycles. The number of halogens is 1. The maximum Gasteiger partial charge on any atom is 0.311 e. The van der Waals surface area contributed by atoms with Gasteiger partial charge in [-0.25, -0.2) is 0 Å². The molecule has 2 aromatic heterocycles. The third-order valence-electron chi connectivity index (χ3n) is 5.65. The molecule has 0 radical (unpaired) electrons. The van der Waals surface area contributed by atoms with Gasteiger partial charge in [0.2, 0.25) is 0 Å². The zero-order valence-electron chi connectivity index (χ0n) is 17.5. The summed E-state index contributed by atoms with van der Waals surface area (Å²) < 4.78 is 5.54. The summed E-state index contributed by atoms with van der Waals surface area (Å²) in [6, 6.07) is 7.68. The molecule has 0 spiro atoms. The standard InChI is InChI=1S/C24H24N2O4.ClH/c1-14-19-13-25-11-10-17(19)15(2)24-23(14)18-12-16(8-9-20(18)26-24)30-22(29)7-5-3-4-6-21(27)28;/h8-13,26H,3-7H2,1-2H3,(H,27,28);1H. The number of nitrogens with zero attached hydrogens (tertiary/aromatic N) is 1. The number of aromatic amines is 1. The highest BCUT2D eigenvalue weighted by molar-refractivity contribution is 6.16. The second-order valence-corrected chi connectivity index (χ2v) is 7.68. The van der Waals surface area contributed by atoms with Gasteiger partial charge in [0, 0.05) is 46.9 Å². The molecule has 2 aromatic carbocycles. The molecule has 2 N–H and O–H groups in total. The quantitative estimate of drug-likeness (QED) is 0.213. The van der Waals surface area contributed by atoms with Gasteiger partial charge in [0.05, 0.1) is 5.52 Å². The molecule has 31 heavy (non-hydrogen) atoms.